The molecule has 0 bridgehead atoms. The van der Waals surface area contributed by atoms with Crippen molar-refractivity contribution in [3.63, 3.8) is 0 Å². The SMILES string of the molecule is COc1cccc(OC)c1C(=O)N1CCN(CC2CN(C(=O)c3ccccc3)CCO2)CC1. The third-order valence-electron chi connectivity index (χ3n) is 6.21. The molecular weight excluding hydrogens is 422 g/mol. The smallest absolute Gasteiger partial charge is 0.261 e. The van der Waals surface area contributed by atoms with Gasteiger partial charge in [-0.3, -0.25) is 14.5 Å². The lowest BCUT2D eigenvalue weighted by Crippen LogP contribution is -2.54. The van der Waals surface area contributed by atoms with E-state index in [1.165, 1.54) is 0 Å². The van der Waals surface area contributed by atoms with E-state index in [1.54, 1.807) is 26.4 Å². The number of hydrogen-bond donors (Lipinski definition) is 0. The van der Waals surface area contributed by atoms with Crippen molar-refractivity contribution in [2.24, 2.45) is 0 Å². The van der Waals surface area contributed by atoms with E-state index >= 15 is 0 Å². The fourth-order valence-electron chi connectivity index (χ4n) is 4.42. The topological polar surface area (TPSA) is 71.6 Å². The fourth-order valence-corrected chi connectivity index (χ4v) is 4.42. The molecule has 2 aromatic carbocycles. The molecule has 2 aliphatic heterocycles. The summed E-state index contributed by atoms with van der Waals surface area (Å²) in [6.45, 7) is 5.16. The van der Waals surface area contributed by atoms with Gasteiger partial charge in [0.05, 0.1) is 26.9 Å². The number of morpholine rings is 1. The largest absolute Gasteiger partial charge is 0.496 e. The van der Waals surface area contributed by atoms with Gasteiger partial charge in [0.1, 0.15) is 17.1 Å². The van der Waals surface area contributed by atoms with E-state index in [2.05, 4.69) is 4.90 Å². The summed E-state index contributed by atoms with van der Waals surface area (Å²) in [5.74, 6) is 0.990. The fraction of sp³-hybridized carbons (Fsp3) is 0.440. The Balaban J connectivity index is 1.32. The van der Waals surface area contributed by atoms with Gasteiger partial charge in [-0.2, -0.15) is 0 Å². The molecule has 2 saturated heterocycles. The van der Waals surface area contributed by atoms with Gasteiger partial charge in [0.15, 0.2) is 0 Å². The molecule has 176 valence electrons. The van der Waals surface area contributed by atoms with Crippen LogP contribution in [-0.4, -0.2) is 99.3 Å². The van der Waals surface area contributed by atoms with Crippen LogP contribution in [0.5, 0.6) is 11.5 Å². The molecule has 33 heavy (non-hydrogen) atoms. The highest BCUT2D eigenvalue weighted by atomic mass is 16.5. The summed E-state index contributed by atoms with van der Waals surface area (Å²) in [5.41, 5.74) is 1.17. The van der Waals surface area contributed by atoms with E-state index in [4.69, 9.17) is 14.2 Å². The molecule has 0 N–H and O–H groups in total. The van der Waals surface area contributed by atoms with Gasteiger partial charge in [0.2, 0.25) is 0 Å². The Kier molecular flexibility index (Phi) is 7.47. The highest BCUT2D eigenvalue weighted by Gasteiger charge is 2.30. The Hall–Kier alpha value is -3.10. The van der Waals surface area contributed by atoms with Crippen LogP contribution in [0.3, 0.4) is 0 Å². The Morgan fingerprint density at radius 2 is 1.52 bits per heavy atom. The molecule has 4 rings (SSSR count). The Bertz CT molecular complexity index is 938. The number of amides is 2. The number of benzene rings is 2. The maximum Gasteiger partial charge on any atom is 0.261 e. The molecule has 8 heteroatoms. The molecule has 0 saturated carbocycles. The molecule has 1 unspecified atom stereocenters. The first-order chi connectivity index (χ1) is 16.1. The maximum absolute atomic E-state index is 13.2. The third-order valence-corrected chi connectivity index (χ3v) is 6.21. The van der Waals surface area contributed by atoms with Crippen molar-refractivity contribution in [3.8, 4) is 11.5 Å². The van der Waals surface area contributed by atoms with E-state index in [-0.39, 0.29) is 17.9 Å². The number of hydrogen-bond acceptors (Lipinski definition) is 6. The van der Waals surface area contributed by atoms with E-state index < -0.39 is 0 Å². The van der Waals surface area contributed by atoms with Crippen LogP contribution in [0.2, 0.25) is 0 Å². The molecule has 0 aromatic heterocycles. The third kappa shape index (κ3) is 5.29. The molecule has 2 fully saturated rings. The number of piperazine rings is 1. The van der Waals surface area contributed by atoms with Gasteiger partial charge in [-0.15, -0.1) is 0 Å². The quantitative estimate of drug-likeness (QED) is 0.666. The number of carbonyl (C=O) groups excluding carboxylic acids is 2. The standard InChI is InChI=1S/C25H31N3O5/c1-31-21-9-6-10-22(32-2)23(21)25(30)27-13-11-26(12-14-27)17-20-18-28(15-16-33-20)24(29)19-7-4-3-5-8-19/h3-10,20H,11-18H2,1-2H3. The van der Waals surface area contributed by atoms with Gasteiger partial charge in [0.25, 0.3) is 11.8 Å². The predicted molar refractivity (Wildman–Crippen MR) is 124 cm³/mol. The van der Waals surface area contributed by atoms with Crippen molar-refractivity contribution in [2.75, 3.05) is 66.6 Å². The molecule has 8 nitrogen and oxygen atoms in total. The van der Waals surface area contributed by atoms with Crippen molar-refractivity contribution >= 4 is 11.8 Å². The molecule has 0 spiro atoms. The van der Waals surface area contributed by atoms with Crippen LogP contribution in [0, 0.1) is 0 Å². The molecule has 0 aliphatic carbocycles. The van der Waals surface area contributed by atoms with E-state index in [0.29, 0.717) is 55.4 Å². The molecule has 0 radical (unpaired) electrons. The summed E-state index contributed by atoms with van der Waals surface area (Å²) in [6.07, 6.45) is -0.0389. The van der Waals surface area contributed by atoms with Crippen molar-refractivity contribution in [2.45, 2.75) is 6.10 Å². The average Bonchev–Trinajstić information content (AvgIpc) is 2.88. The van der Waals surface area contributed by atoms with Crippen LogP contribution >= 0.6 is 0 Å². The zero-order valence-corrected chi connectivity index (χ0v) is 19.2. The van der Waals surface area contributed by atoms with Crippen molar-refractivity contribution in [1.82, 2.24) is 14.7 Å². The summed E-state index contributed by atoms with van der Waals surface area (Å²) in [4.78, 5) is 32.0. The van der Waals surface area contributed by atoms with Crippen LogP contribution in [0.15, 0.2) is 48.5 Å². The zero-order valence-electron chi connectivity index (χ0n) is 19.2. The molecule has 2 heterocycles. The van der Waals surface area contributed by atoms with Gasteiger partial charge in [-0.25, -0.2) is 0 Å². The zero-order chi connectivity index (χ0) is 23.2. The number of carbonyl (C=O) groups is 2. The first-order valence-corrected chi connectivity index (χ1v) is 11.3. The minimum Gasteiger partial charge on any atom is -0.496 e. The van der Waals surface area contributed by atoms with Crippen molar-refractivity contribution in [3.05, 3.63) is 59.7 Å². The molecular formula is C25H31N3O5. The molecule has 2 amide bonds. The Labute approximate surface area is 194 Å². The number of ether oxygens (including phenoxy) is 3. The number of nitrogens with zero attached hydrogens (tertiary/aromatic N) is 3. The lowest BCUT2D eigenvalue weighted by atomic mass is 10.1. The Morgan fingerprint density at radius 1 is 0.848 bits per heavy atom. The summed E-state index contributed by atoms with van der Waals surface area (Å²) in [7, 11) is 3.11. The second kappa shape index (κ2) is 10.7. The number of rotatable bonds is 6. The predicted octanol–water partition coefficient (Wildman–Crippen LogP) is 2.00. The van der Waals surface area contributed by atoms with Crippen LogP contribution in [0.1, 0.15) is 20.7 Å². The van der Waals surface area contributed by atoms with E-state index in [1.807, 2.05) is 46.2 Å². The maximum atomic E-state index is 13.2. The van der Waals surface area contributed by atoms with Gasteiger partial charge in [-0.1, -0.05) is 24.3 Å². The van der Waals surface area contributed by atoms with Gasteiger partial charge < -0.3 is 24.0 Å². The highest BCUT2D eigenvalue weighted by Crippen LogP contribution is 2.30. The second-order valence-corrected chi connectivity index (χ2v) is 8.24. The first kappa shape index (κ1) is 23.1. The molecule has 1 atom stereocenters. The van der Waals surface area contributed by atoms with Gasteiger partial charge >= 0.3 is 0 Å². The van der Waals surface area contributed by atoms with E-state index in [0.717, 1.165) is 19.6 Å². The monoisotopic (exact) mass is 453 g/mol. The van der Waals surface area contributed by atoms with Gasteiger partial charge in [-0.05, 0) is 24.3 Å². The van der Waals surface area contributed by atoms with Crippen LogP contribution in [-0.2, 0) is 4.74 Å². The molecule has 2 aliphatic rings. The van der Waals surface area contributed by atoms with Crippen molar-refractivity contribution < 1.29 is 23.8 Å². The normalized spacial score (nSPS) is 19.3. The lowest BCUT2D eigenvalue weighted by molar-refractivity contribution is -0.0400. The first-order valence-electron chi connectivity index (χ1n) is 11.3. The minimum absolute atomic E-state index is 0.0389. The van der Waals surface area contributed by atoms with Gasteiger partial charge in [0, 0.05) is 51.4 Å². The second-order valence-electron chi connectivity index (χ2n) is 8.24. The summed E-state index contributed by atoms with van der Waals surface area (Å²) >= 11 is 0. The highest BCUT2D eigenvalue weighted by molar-refractivity contribution is 5.99. The van der Waals surface area contributed by atoms with Crippen molar-refractivity contribution in [1.29, 1.82) is 0 Å². The van der Waals surface area contributed by atoms with Crippen LogP contribution in [0.4, 0.5) is 0 Å². The minimum atomic E-state index is -0.0856. The molecule has 2 aromatic rings. The average molecular weight is 454 g/mol. The lowest BCUT2D eigenvalue weighted by Gasteiger charge is -2.39. The van der Waals surface area contributed by atoms with Crippen LogP contribution < -0.4 is 9.47 Å². The number of methoxy groups -OCH3 is 2. The summed E-state index contributed by atoms with van der Waals surface area (Å²) in [5, 5.41) is 0. The van der Waals surface area contributed by atoms with Crippen LogP contribution in [0.25, 0.3) is 0 Å². The summed E-state index contributed by atoms with van der Waals surface area (Å²) < 4.78 is 16.7. The summed E-state index contributed by atoms with van der Waals surface area (Å²) in [6, 6.07) is 14.7. The Morgan fingerprint density at radius 3 is 2.15 bits per heavy atom. The van der Waals surface area contributed by atoms with E-state index in [9.17, 15) is 9.59 Å².